The highest BCUT2D eigenvalue weighted by Crippen LogP contribution is 2.34. The maximum atomic E-state index is 13.0. The minimum Gasteiger partial charge on any atom is -0.318 e. The van der Waals surface area contributed by atoms with Crippen molar-refractivity contribution in [1.82, 2.24) is 15.8 Å². The summed E-state index contributed by atoms with van der Waals surface area (Å²) in [4.78, 5) is 51.6. The molecule has 2 atom stereocenters. The second-order valence-corrected chi connectivity index (χ2v) is 7.99. The first-order chi connectivity index (χ1) is 15.5. The summed E-state index contributed by atoms with van der Waals surface area (Å²) in [5.74, 6) is -2.97. The Kier molecular flexibility index (Phi) is 5.35. The highest BCUT2D eigenvalue weighted by Gasteiger charge is 2.50. The van der Waals surface area contributed by atoms with Gasteiger partial charge in [-0.2, -0.15) is 18.2 Å². The van der Waals surface area contributed by atoms with E-state index in [0.717, 1.165) is 17.0 Å². The predicted octanol–water partition coefficient (Wildman–Crippen LogP) is 2.56. The second-order valence-electron chi connectivity index (χ2n) is 7.99. The zero-order valence-electron chi connectivity index (χ0n) is 17.3. The second kappa shape index (κ2) is 7.91. The first kappa shape index (κ1) is 22.3. The fourth-order valence-corrected chi connectivity index (χ4v) is 3.89. The van der Waals surface area contributed by atoms with Crippen LogP contribution in [-0.2, 0) is 26.1 Å². The van der Waals surface area contributed by atoms with Crippen LogP contribution >= 0.6 is 0 Å². The van der Waals surface area contributed by atoms with Crippen LogP contribution in [0.1, 0.15) is 24.5 Å². The van der Waals surface area contributed by atoms with E-state index in [1.54, 1.807) is 30.3 Å². The predicted molar refractivity (Wildman–Crippen MR) is 109 cm³/mol. The Bertz CT molecular complexity index is 1140. The minimum atomic E-state index is -4.58. The third-order valence-electron chi connectivity index (χ3n) is 5.74. The summed E-state index contributed by atoms with van der Waals surface area (Å²) in [5, 5.41) is 3.11. The molecule has 2 saturated heterocycles. The SMILES string of the molecule is CC1(c2ccccc2)NC(=O)N(NC(=O)C2CC(=O)N(c3cccc(C(F)(F)F)c3)C2)C1=O. The molecule has 2 heterocycles. The van der Waals surface area contributed by atoms with E-state index in [4.69, 9.17) is 0 Å². The number of benzene rings is 2. The van der Waals surface area contributed by atoms with E-state index in [2.05, 4.69) is 10.7 Å². The number of nitrogens with zero attached hydrogens (tertiary/aromatic N) is 2. The van der Waals surface area contributed by atoms with Crippen molar-refractivity contribution >= 4 is 29.4 Å². The Hall–Kier alpha value is -3.89. The van der Waals surface area contributed by atoms with E-state index in [0.29, 0.717) is 10.6 Å². The molecule has 0 aromatic heterocycles. The molecule has 2 unspecified atom stereocenters. The highest BCUT2D eigenvalue weighted by atomic mass is 19.4. The molecular weight excluding hydrogens is 441 g/mol. The van der Waals surface area contributed by atoms with Gasteiger partial charge in [0, 0.05) is 18.7 Å². The number of hydrogen-bond donors (Lipinski definition) is 2. The molecule has 172 valence electrons. The summed E-state index contributed by atoms with van der Waals surface area (Å²) in [6, 6.07) is 11.9. The average Bonchev–Trinajstić information content (AvgIpc) is 3.27. The Morgan fingerprint density at radius 1 is 1.09 bits per heavy atom. The number of nitrogens with one attached hydrogen (secondary N) is 2. The van der Waals surface area contributed by atoms with E-state index in [1.165, 1.54) is 19.1 Å². The van der Waals surface area contributed by atoms with Gasteiger partial charge in [-0.25, -0.2) is 4.79 Å². The van der Waals surface area contributed by atoms with Gasteiger partial charge in [0.1, 0.15) is 5.54 Å². The third kappa shape index (κ3) is 4.01. The van der Waals surface area contributed by atoms with E-state index in [-0.39, 0.29) is 18.7 Å². The van der Waals surface area contributed by atoms with Crippen LogP contribution in [-0.4, -0.2) is 35.3 Å². The van der Waals surface area contributed by atoms with Crippen LogP contribution < -0.4 is 15.6 Å². The number of rotatable bonds is 4. The molecule has 8 nitrogen and oxygen atoms in total. The number of alkyl halides is 3. The van der Waals surface area contributed by atoms with Crippen LogP contribution in [0.4, 0.5) is 23.7 Å². The normalized spacial score (nSPS) is 23.2. The van der Waals surface area contributed by atoms with E-state index < -0.39 is 46.9 Å². The Labute approximate surface area is 186 Å². The van der Waals surface area contributed by atoms with Crippen molar-refractivity contribution in [3.63, 3.8) is 0 Å². The molecule has 2 aromatic carbocycles. The number of urea groups is 1. The van der Waals surface area contributed by atoms with Crippen LogP contribution in [0.3, 0.4) is 0 Å². The summed E-state index contributed by atoms with van der Waals surface area (Å²) >= 11 is 0. The maximum Gasteiger partial charge on any atom is 0.416 e. The van der Waals surface area contributed by atoms with Gasteiger partial charge in [0.25, 0.3) is 5.91 Å². The number of anilines is 1. The molecule has 0 aliphatic carbocycles. The monoisotopic (exact) mass is 460 g/mol. The maximum absolute atomic E-state index is 13.0. The molecule has 0 spiro atoms. The standard InChI is InChI=1S/C22H19F3N4O4/c1-21(14-6-3-2-4-7-14)19(32)29(20(33)26-21)27-18(31)13-10-17(30)28(12-13)16-9-5-8-15(11-16)22(23,24)25/h2-9,11,13H,10,12H2,1H3,(H,26,33)(H,27,31). The molecule has 2 aliphatic heterocycles. The summed E-state index contributed by atoms with van der Waals surface area (Å²) in [6.07, 6.45) is -4.86. The van der Waals surface area contributed by atoms with E-state index in [1.807, 2.05) is 0 Å². The number of imide groups is 1. The minimum absolute atomic E-state index is 0.0109. The molecule has 4 rings (SSSR count). The molecule has 2 aromatic rings. The lowest BCUT2D eigenvalue weighted by molar-refractivity contribution is -0.140. The van der Waals surface area contributed by atoms with Crippen LogP contribution in [0.5, 0.6) is 0 Å². The summed E-state index contributed by atoms with van der Waals surface area (Å²) in [6.45, 7) is 1.31. The molecular formula is C22H19F3N4O4. The fourth-order valence-electron chi connectivity index (χ4n) is 3.89. The molecule has 2 aliphatic rings. The molecule has 0 saturated carbocycles. The number of carbonyl (C=O) groups excluding carboxylic acids is 4. The van der Waals surface area contributed by atoms with Gasteiger partial charge < -0.3 is 10.2 Å². The van der Waals surface area contributed by atoms with E-state index >= 15 is 0 Å². The summed E-state index contributed by atoms with van der Waals surface area (Å²) in [7, 11) is 0. The Morgan fingerprint density at radius 3 is 2.45 bits per heavy atom. The van der Waals surface area contributed by atoms with Gasteiger partial charge in [-0.05, 0) is 30.7 Å². The third-order valence-corrected chi connectivity index (χ3v) is 5.74. The molecule has 11 heteroatoms. The number of hydrazine groups is 1. The number of hydrogen-bond acceptors (Lipinski definition) is 4. The van der Waals surface area contributed by atoms with Crippen molar-refractivity contribution in [3.8, 4) is 0 Å². The largest absolute Gasteiger partial charge is 0.416 e. The summed E-state index contributed by atoms with van der Waals surface area (Å²) < 4.78 is 39.0. The van der Waals surface area contributed by atoms with Crippen molar-refractivity contribution in [2.45, 2.75) is 25.1 Å². The van der Waals surface area contributed by atoms with Crippen molar-refractivity contribution in [3.05, 3.63) is 65.7 Å². The number of halogens is 3. The Morgan fingerprint density at radius 2 is 1.79 bits per heavy atom. The summed E-state index contributed by atoms with van der Waals surface area (Å²) in [5.41, 5.74) is 0.474. The molecule has 0 bridgehead atoms. The lowest BCUT2D eigenvalue weighted by Crippen LogP contribution is -2.50. The first-order valence-electron chi connectivity index (χ1n) is 10.0. The van der Waals surface area contributed by atoms with Gasteiger partial charge in [-0.15, -0.1) is 0 Å². The van der Waals surface area contributed by atoms with Crippen molar-refractivity contribution < 1.29 is 32.3 Å². The average molecular weight is 460 g/mol. The molecule has 2 N–H and O–H groups in total. The molecule has 2 fully saturated rings. The van der Waals surface area contributed by atoms with Gasteiger partial charge in [-0.3, -0.25) is 19.8 Å². The Balaban J connectivity index is 1.47. The number of amides is 5. The van der Waals surface area contributed by atoms with Crippen LogP contribution in [0.25, 0.3) is 0 Å². The van der Waals surface area contributed by atoms with Crippen LogP contribution in [0.2, 0.25) is 0 Å². The van der Waals surface area contributed by atoms with Gasteiger partial charge in [-0.1, -0.05) is 36.4 Å². The van der Waals surface area contributed by atoms with Gasteiger partial charge in [0.05, 0.1) is 11.5 Å². The van der Waals surface area contributed by atoms with Crippen LogP contribution in [0.15, 0.2) is 54.6 Å². The topological polar surface area (TPSA) is 98.8 Å². The lowest BCUT2D eigenvalue weighted by Gasteiger charge is -2.22. The van der Waals surface area contributed by atoms with Crippen molar-refractivity contribution in [1.29, 1.82) is 0 Å². The zero-order valence-corrected chi connectivity index (χ0v) is 17.3. The van der Waals surface area contributed by atoms with Gasteiger partial charge in [0.2, 0.25) is 11.8 Å². The van der Waals surface area contributed by atoms with Gasteiger partial charge >= 0.3 is 12.2 Å². The van der Waals surface area contributed by atoms with E-state index in [9.17, 15) is 32.3 Å². The van der Waals surface area contributed by atoms with Gasteiger partial charge in [0.15, 0.2) is 0 Å². The molecule has 5 amide bonds. The highest BCUT2D eigenvalue weighted by molar-refractivity contribution is 6.08. The molecule has 0 radical (unpaired) electrons. The smallest absolute Gasteiger partial charge is 0.318 e. The number of carbonyl (C=O) groups is 4. The quantitative estimate of drug-likeness (QED) is 0.686. The van der Waals surface area contributed by atoms with Crippen molar-refractivity contribution in [2.24, 2.45) is 5.92 Å². The van der Waals surface area contributed by atoms with Crippen molar-refractivity contribution in [2.75, 3.05) is 11.4 Å². The zero-order chi connectivity index (χ0) is 24.0. The first-order valence-corrected chi connectivity index (χ1v) is 10.0. The van der Waals surface area contributed by atoms with Crippen LogP contribution in [0, 0.1) is 5.92 Å². The lowest BCUT2D eigenvalue weighted by atomic mass is 9.92. The fraction of sp³-hybridized carbons (Fsp3) is 0.273. The molecule has 33 heavy (non-hydrogen) atoms.